The van der Waals surface area contributed by atoms with Crippen molar-refractivity contribution < 1.29 is 4.84 Å². The lowest BCUT2D eigenvalue weighted by Crippen LogP contribution is -2.38. The van der Waals surface area contributed by atoms with E-state index in [2.05, 4.69) is 31.6 Å². The zero-order valence-corrected chi connectivity index (χ0v) is 9.02. The fourth-order valence-corrected chi connectivity index (χ4v) is 1.47. The van der Waals surface area contributed by atoms with E-state index >= 15 is 0 Å². The van der Waals surface area contributed by atoms with Crippen LogP contribution in [0, 0.1) is 5.92 Å². The first-order valence-electron chi connectivity index (χ1n) is 5.19. The van der Waals surface area contributed by atoms with E-state index in [4.69, 9.17) is 4.84 Å². The molecule has 1 rings (SSSR count). The largest absolute Gasteiger partial charge is 0.316 e. The molecule has 1 saturated heterocycles. The van der Waals surface area contributed by atoms with E-state index in [-0.39, 0.29) is 5.60 Å². The second-order valence-electron chi connectivity index (χ2n) is 4.78. The van der Waals surface area contributed by atoms with Gasteiger partial charge in [-0.15, -0.1) is 0 Å². The summed E-state index contributed by atoms with van der Waals surface area (Å²) in [5, 5.41) is 3.39. The Hall–Kier alpha value is -0.120. The maximum absolute atomic E-state index is 5.45. The van der Waals surface area contributed by atoms with Crippen LogP contribution in [0.4, 0.5) is 0 Å². The van der Waals surface area contributed by atoms with Crippen LogP contribution in [0.15, 0.2) is 0 Å². The summed E-state index contributed by atoms with van der Waals surface area (Å²) < 4.78 is 0. The molecule has 0 bridgehead atoms. The number of piperidine rings is 1. The van der Waals surface area contributed by atoms with Crippen molar-refractivity contribution in [2.45, 2.75) is 39.2 Å². The molecule has 1 heterocycles. The monoisotopic (exact) mass is 186 g/mol. The quantitative estimate of drug-likeness (QED) is 0.652. The van der Waals surface area contributed by atoms with Gasteiger partial charge in [-0.3, -0.25) is 4.84 Å². The van der Waals surface area contributed by atoms with Gasteiger partial charge in [-0.1, -0.05) is 0 Å². The highest BCUT2D eigenvalue weighted by atomic mass is 16.7. The number of rotatable bonds is 3. The second-order valence-corrected chi connectivity index (χ2v) is 4.78. The predicted octanol–water partition coefficient (Wildman–Crippen LogP) is 1.31. The summed E-state index contributed by atoms with van der Waals surface area (Å²) in [5.74, 6) is 0.732. The zero-order valence-electron chi connectivity index (χ0n) is 9.02. The van der Waals surface area contributed by atoms with Crippen LogP contribution < -0.4 is 10.8 Å². The maximum Gasteiger partial charge on any atom is 0.0812 e. The van der Waals surface area contributed by atoms with E-state index in [9.17, 15) is 0 Å². The molecule has 1 aliphatic heterocycles. The molecule has 0 aromatic heterocycles. The van der Waals surface area contributed by atoms with Crippen molar-refractivity contribution in [1.29, 1.82) is 0 Å². The standard InChI is InChI=1S/C10H22N2O/c1-10(2,3)13-12-8-9-5-4-6-11-7-9/h9,11-12H,4-8H2,1-3H3. The van der Waals surface area contributed by atoms with Gasteiger partial charge in [0.15, 0.2) is 0 Å². The molecule has 1 fully saturated rings. The molecule has 78 valence electrons. The Bertz CT molecular complexity index is 136. The van der Waals surface area contributed by atoms with Crippen molar-refractivity contribution >= 4 is 0 Å². The van der Waals surface area contributed by atoms with Crippen LogP contribution in [0.3, 0.4) is 0 Å². The van der Waals surface area contributed by atoms with Gasteiger partial charge >= 0.3 is 0 Å². The molecule has 1 atom stereocenters. The Balaban J connectivity index is 2.04. The number of hydroxylamine groups is 1. The average molecular weight is 186 g/mol. The van der Waals surface area contributed by atoms with Gasteiger partial charge in [-0.2, -0.15) is 0 Å². The van der Waals surface area contributed by atoms with Gasteiger partial charge in [-0.25, -0.2) is 5.48 Å². The summed E-state index contributed by atoms with van der Waals surface area (Å²) in [4.78, 5) is 5.45. The van der Waals surface area contributed by atoms with Gasteiger partial charge in [0.2, 0.25) is 0 Å². The highest BCUT2D eigenvalue weighted by Gasteiger charge is 2.14. The van der Waals surface area contributed by atoms with E-state index < -0.39 is 0 Å². The molecule has 3 heteroatoms. The summed E-state index contributed by atoms with van der Waals surface area (Å²) >= 11 is 0. The molecule has 2 N–H and O–H groups in total. The SMILES string of the molecule is CC(C)(C)ONCC1CCCNC1. The maximum atomic E-state index is 5.45. The Kier molecular flexibility index (Phi) is 4.16. The van der Waals surface area contributed by atoms with Gasteiger partial charge in [0.05, 0.1) is 5.60 Å². The van der Waals surface area contributed by atoms with Crippen LogP contribution in [-0.2, 0) is 4.84 Å². The van der Waals surface area contributed by atoms with Crippen molar-refractivity contribution in [3.63, 3.8) is 0 Å². The van der Waals surface area contributed by atoms with Crippen LogP contribution in [0.25, 0.3) is 0 Å². The van der Waals surface area contributed by atoms with E-state index in [1.807, 2.05) is 0 Å². The first kappa shape index (κ1) is 11.0. The minimum atomic E-state index is -0.0813. The Morgan fingerprint density at radius 1 is 1.46 bits per heavy atom. The first-order valence-corrected chi connectivity index (χ1v) is 5.19. The number of hydrogen-bond donors (Lipinski definition) is 2. The Morgan fingerprint density at radius 2 is 2.23 bits per heavy atom. The zero-order chi connectivity index (χ0) is 9.73. The average Bonchev–Trinajstić information content (AvgIpc) is 2.04. The van der Waals surface area contributed by atoms with Crippen LogP contribution in [0.1, 0.15) is 33.6 Å². The van der Waals surface area contributed by atoms with Crippen LogP contribution in [0.2, 0.25) is 0 Å². The van der Waals surface area contributed by atoms with E-state index in [1.54, 1.807) is 0 Å². The van der Waals surface area contributed by atoms with Gasteiger partial charge in [0.25, 0.3) is 0 Å². The van der Waals surface area contributed by atoms with Crippen molar-refractivity contribution in [2.75, 3.05) is 19.6 Å². The van der Waals surface area contributed by atoms with E-state index in [0.717, 1.165) is 19.0 Å². The smallest absolute Gasteiger partial charge is 0.0812 e. The third kappa shape index (κ3) is 5.24. The number of nitrogens with one attached hydrogen (secondary N) is 2. The molecule has 0 radical (unpaired) electrons. The minimum Gasteiger partial charge on any atom is -0.316 e. The summed E-state index contributed by atoms with van der Waals surface area (Å²) in [7, 11) is 0. The molecular formula is C10H22N2O. The topological polar surface area (TPSA) is 33.3 Å². The third-order valence-electron chi connectivity index (χ3n) is 2.15. The fraction of sp³-hybridized carbons (Fsp3) is 1.00. The molecule has 1 unspecified atom stereocenters. The van der Waals surface area contributed by atoms with E-state index in [1.165, 1.54) is 19.4 Å². The molecule has 3 nitrogen and oxygen atoms in total. The lowest BCUT2D eigenvalue weighted by Gasteiger charge is -2.25. The molecule has 0 saturated carbocycles. The molecule has 0 aliphatic carbocycles. The molecule has 0 amide bonds. The lowest BCUT2D eigenvalue weighted by atomic mass is 10.0. The van der Waals surface area contributed by atoms with Gasteiger partial charge < -0.3 is 5.32 Å². The highest BCUT2D eigenvalue weighted by Crippen LogP contribution is 2.09. The molecule has 1 aliphatic rings. The van der Waals surface area contributed by atoms with Crippen molar-refractivity contribution in [3.05, 3.63) is 0 Å². The molecule has 0 aromatic rings. The molecule has 0 aromatic carbocycles. The van der Waals surface area contributed by atoms with Crippen LogP contribution in [0.5, 0.6) is 0 Å². The van der Waals surface area contributed by atoms with Gasteiger partial charge in [0, 0.05) is 6.54 Å². The summed E-state index contributed by atoms with van der Waals surface area (Å²) in [6.45, 7) is 9.43. The lowest BCUT2D eigenvalue weighted by molar-refractivity contribution is -0.0776. The minimum absolute atomic E-state index is 0.0813. The fourth-order valence-electron chi connectivity index (χ4n) is 1.47. The van der Waals surface area contributed by atoms with Gasteiger partial charge in [-0.05, 0) is 52.6 Å². The highest BCUT2D eigenvalue weighted by molar-refractivity contribution is 4.69. The van der Waals surface area contributed by atoms with Crippen LogP contribution >= 0.6 is 0 Å². The molecule has 0 spiro atoms. The normalized spacial score (nSPS) is 24.7. The van der Waals surface area contributed by atoms with Gasteiger partial charge in [0.1, 0.15) is 0 Å². The van der Waals surface area contributed by atoms with Crippen molar-refractivity contribution in [2.24, 2.45) is 5.92 Å². The summed E-state index contributed by atoms with van der Waals surface area (Å²) in [6.07, 6.45) is 2.61. The first-order chi connectivity index (χ1) is 6.08. The predicted molar refractivity (Wildman–Crippen MR) is 54.4 cm³/mol. The number of hydrogen-bond acceptors (Lipinski definition) is 3. The Labute approximate surface area is 81.2 Å². The Morgan fingerprint density at radius 3 is 2.77 bits per heavy atom. The molecular weight excluding hydrogens is 164 g/mol. The summed E-state index contributed by atoms with van der Waals surface area (Å²) in [6, 6.07) is 0. The summed E-state index contributed by atoms with van der Waals surface area (Å²) in [5.41, 5.74) is 2.97. The van der Waals surface area contributed by atoms with Crippen molar-refractivity contribution in [3.8, 4) is 0 Å². The second kappa shape index (κ2) is 4.94. The van der Waals surface area contributed by atoms with E-state index in [0.29, 0.717) is 0 Å². The van der Waals surface area contributed by atoms with Crippen LogP contribution in [-0.4, -0.2) is 25.2 Å². The third-order valence-corrected chi connectivity index (χ3v) is 2.15. The van der Waals surface area contributed by atoms with Crippen molar-refractivity contribution in [1.82, 2.24) is 10.8 Å². The molecule has 13 heavy (non-hydrogen) atoms.